The summed E-state index contributed by atoms with van der Waals surface area (Å²) in [6, 6.07) is 10.3. The highest BCUT2D eigenvalue weighted by Crippen LogP contribution is 2.17. The van der Waals surface area contributed by atoms with Crippen LogP contribution in [-0.4, -0.2) is 20.5 Å². The summed E-state index contributed by atoms with van der Waals surface area (Å²) in [6.45, 7) is 2.01. The Bertz CT molecular complexity index is 772. The maximum Gasteiger partial charge on any atom is 0.229 e. The normalized spacial score (nSPS) is 11.7. The predicted molar refractivity (Wildman–Crippen MR) is 87.3 cm³/mol. The first-order valence-corrected chi connectivity index (χ1v) is 8.91. The van der Waals surface area contributed by atoms with Gasteiger partial charge in [-0.3, -0.25) is 9.52 Å². The molecule has 0 radical (unpaired) electrons. The minimum atomic E-state index is -3.30. The van der Waals surface area contributed by atoms with Crippen molar-refractivity contribution in [3.63, 3.8) is 0 Å². The van der Waals surface area contributed by atoms with E-state index in [0.717, 1.165) is 11.1 Å². The van der Waals surface area contributed by atoms with Gasteiger partial charge in [0, 0.05) is 21.0 Å². The summed E-state index contributed by atoms with van der Waals surface area (Å²) in [5.41, 5.74) is 0.950. The van der Waals surface area contributed by atoms with Crippen LogP contribution in [0.4, 0.5) is 5.69 Å². The Labute approximate surface area is 128 Å². The molecule has 0 atom stereocenters. The lowest BCUT2D eigenvalue weighted by atomic mass is 10.1. The highest BCUT2D eigenvalue weighted by atomic mass is 32.2. The SMILES string of the molecule is Cc1ccc(/C=C/C(=O)c2ccc(NS(C)(=O)=O)cc2)s1. The number of hydrogen-bond donors (Lipinski definition) is 1. The summed E-state index contributed by atoms with van der Waals surface area (Å²) in [6.07, 6.45) is 4.38. The van der Waals surface area contributed by atoms with E-state index in [4.69, 9.17) is 0 Å². The highest BCUT2D eigenvalue weighted by molar-refractivity contribution is 7.92. The molecule has 0 aliphatic rings. The fourth-order valence-corrected chi connectivity index (χ4v) is 3.06. The molecule has 110 valence electrons. The van der Waals surface area contributed by atoms with Crippen LogP contribution >= 0.6 is 11.3 Å². The number of aryl methyl sites for hydroxylation is 1. The highest BCUT2D eigenvalue weighted by Gasteiger charge is 2.04. The van der Waals surface area contributed by atoms with Crippen molar-refractivity contribution in [1.29, 1.82) is 0 Å². The standard InChI is InChI=1S/C15H15NO3S2/c1-11-3-8-14(20-11)9-10-15(17)12-4-6-13(7-5-12)16-21(2,18)19/h3-10,16H,1-2H3/b10-9+. The fraction of sp³-hybridized carbons (Fsp3) is 0.133. The average molecular weight is 321 g/mol. The summed E-state index contributed by atoms with van der Waals surface area (Å²) >= 11 is 1.62. The second kappa shape index (κ2) is 6.24. The van der Waals surface area contributed by atoms with Gasteiger partial charge >= 0.3 is 0 Å². The van der Waals surface area contributed by atoms with E-state index in [9.17, 15) is 13.2 Å². The van der Waals surface area contributed by atoms with Crippen LogP contribution in [0.1, 0.15) is 20.1 Å². The molecule has 21 heavy (non-hydrogen) atoms. The van der Waals surface area contributed by atoms with Gasteiger partial charge in [0.2, 0.25) is 10.0 Å². The first-order chi connectivity index (χ1) is 9.83. The van der Waals surface area contributed by atoms with Gasteiger partial charge in [-0.1, -0.05) is 0 Å². The second-order valence-electron chi connectivity index (χ2n) is 4.60. The van der Waals surface area contributed by atoms with Crippen molar-refractivity contribution in [2.45, 2.75) is 6.92 Å². The number of anilines is 1. The average Bonchev–Trinajstić information content (AvgIpc) is 2.81. The van der Waals surface area contributed by atoms with Gasteiger partial charge in [-0.2, -0.15) is 0 Å². The first-order valence-electron chi connectivity index (χ1n) is 6.20. The van der Waals surface area contributed by atoms with Gasteiger partial charge in [0.25, 0.3) is 0 Å². The Morgan fingerprint density at radius 3 is 2.33 bits per heavy atom. The molecule has 0 bridgehead atoms. The zero-order valence-corrected chi connectivity index (χ0v) is 13.3. The van der Waals surface area contributed by atoms with Crippen LogP contribution in [0.2, 0.25) is 0 Å². The number of nitrogens with one attached hydrogen (secondary N) is 1. The molecule has 1 aromatic heterocycles. The first kappa shape index (κ1) is 15.5. The van der Waals surface area contributed by atoms with Crippen LogP contribution in [0.5, 0.6) is 0 Å². The van der Waals surface area contributed by atoms with Gasteiger partial charge in [-0.15, -0.1) is 11.3 Å². The lowest BCUT2D eigenvalue weighted by Crippen LogP contribution is -2.09. The molecule has 4 nitrogen and oxygen atoms in total. The second-order valence-corrected chi connectivity index (χ2v) is 7.67. The topological polar surface area (TPSA) is 63.2 Å². The van der Waals surface area contributed by atoms with Crippen molar-refractivity contribution in [2.24, 2.45) is 0 Å². The molecule has 0 saturated heterocycles. The molecule has 6 heteroatoms. The molecule has 0 unspecified atom stereocenters. The summed E-state index contributed by atoms with van der Waals surface area (Å²) < 4.78 is 24.5. The van der Waals surface area contributed by atoms with Gasteiger partial charge in [0.05, 0.1) is 6.26 Å². The van der Waals surface area contributed by atoms with Crippen LogP contribution in [0.3, 0.4) is 0 Å². The molecule has 0 amide bonds. The van der Waals surface area contributed by atoms with Crippen molar-refractivity contribution in [3.05, 3.63) is 57.8 Å². The number of sulfonamides is 1. The molecule has 1 heterocycles. The van der Waals surface area contributed by atoms with Crippen LogP contribution in [0.15, 0.2) is 42.5 Å². The maximum atomic E-state index is 12.0. The van der Waals surface area contributed by atoms with Gasteiger partial charge < -0.3 is 0 Å². The Kier molecular flexibility index (Phi) is 4.59. The summed E-state index contributed by atoms with van der Waals surface area (Å²) in [5.74, 6) is -0.119. The molecule has 0 spiro atoms. The molecule has 0 saturated carbocycles. The van der Waals surface area contributed by atoms with Gasteiger partial charge in [-0.05, 0) is 55.5 Å². The smallest absolute Gasteiger partial charge is 0.229 e. The third-order valence-corrected chi connectivity index (χ3v) is 4.21. The van der Waals surface area contributed by atoms with E-state index in [1.165, 1.54) is 11.0 Å². The monoisotopic (exact) mass is 321 g/mol. The van der Waals surface area contributed by atoms with Gasteiger partial charge in [0.15, 0.2) is 5.78 Å². The van der Waals surface area contributed by atoms with Crippen LogP contribution in [0.25, 0.3) is 6.08 Å². The zero-order chi connectivity index (χ0) is 15.5. The van der Waals surface area contributed by atoms with E-state index in [1.54, 1.807) is 41.7 Å². The van der Waals surface area contributed by atoms with E-state index < -0.39 is 10.0 Å². The van der Waals surface area contributed by atoms with E-state index in [1.807, 2.05) is 19.1 Å². The largest absolute Gasteiger partial charge is 0.289 e. The number of rotatable bonds is 5. The Balaban J connectivity index is 2.08. The lowest BCUT2D eigenvalue weighted by Gasteiger charge is -2.03. The lowest BCUT2D eigenvalue weighted by molar-refractivity contribution is 0.104. The molecule has 2 rings (SSSR count). The van der Waals surface area contributed by atoms with E-state index in [2.05, 4.69) is 4.72 Å². The van der Waals surface area contributed by atoms with Crippen molar-refractivity contribution < 1.29 is 13.2 Å². The molecular weight excluding hydrogens is 306 g/mol. The van der Waals surface area contributed by atoms with Gasteiger partial charge in [0.1, 0.15) is 0 Å². The quantitative estimate of drug-likeness (QED) is 0.679. The third kappa shape index (κ3) is 4.84. The molecule has 0 aliphatic carbocycles. The van der Waals surface area contributed by atoms with E-state index >= 15 is 0 Å². The molecule has 0 fully saturated rings. The number of carbonyl (C=O) groups excluding carboxylic acids is 1. The predicted octanol–water partition coefficient (Wildman–Crippen LogP) is 3.32. The van der Waals surface area contributed by atoms with Gasteiger partial charge in [-0.25, -0.2) is 8.42 Å². The maximum absolute atomic E-state index is 12.0. The number of allylic oxidation sites excluding steroid dienone is 1. The minimum absolute atomic E-state index is 0.119. The number of carbonyl (C=O) groups is 1. The van der Waals surface area contributed by atoms with E-state index in [-0.39, 0.29) is 5.78 Å². The van der Waals surface area contributed by atoms with Crippen LogP contribution in [-0.2, 0) is 10.0 Å². The minimum Gasteiger partial charge on any atom is -0.289 e. The molecule has 0 aliphatic heterocycles. The molecule has 2 aromatic rings. The number of benzene rings is 1. The molecule has 1 aromatic carbocycles. The number of ketones is 1. The Hall–Kier alpha value is -1.92. The Morgan fingerprint density at radius 2 is 1.81 bits per heavy atom. The van der Waals surface area contributed by atoms with Crippen LogP contribution in [0, 0.1) is 6.92 Å². The third-order valence-electron chi connectivity index (χ3n) is 2.63. The van der Waals surface area contributed by atoms with Crippen molar-refractivity contribution >= 4 is 38.9 Å². The Morgan fingerprint density at radius 1 is 1.14 bits per heavy atom. The zero-order valence-electron chi connectivity index (χ0n) is 11.7. The van der Waals surface area contributed by atoms with Crippen LogP contribution < -0.4 is 4.72 Å². The van der Waals surface area contributed by atoms with Crippen molar-refractivity contribution in [3.8, 4) is 0 Å². The van der Waals surface area contributed by atoms with E-state index in [0.29, 0.717) is 11.3 Å². The number of hydrogen-bond acceptors (Lipinski definition) is 4. The van der Waals surface area contributed by atoms with Crippen molar-refractivity contribution in [2.75, 3.05) is 11.0 Å². The molecule has 1 N–H and O–H groups in total. The summed E-state index contributed by atoms with van der Waals surface area (Å²) in [7, 11) is -3.30. The van der Waals surface area contributed by atoms with Crippen molar-refractivity contribution in [1.82, 2.24) is 0 Å². The summed E-state index contributed by atoms with van der Waals surface area (Å²) in [5, 5.41) is 0. The summed E-state index contributed by atoms with van der Waals surface area (Å²) in [4.78, 5) is 14.2. The fourth-order valence-electron chi connectivity index (χ4n) is 1.71. The number of thiophene rings is 1. The molecular formula is C15H15NO3S2.